The molecule has 1 spiro atoms. The molecule has 8 nitrogen and oxygen atoms in total. The molecule has 4 rings (SSSR count). The van der Waals surface area contributed by atoms with E-state index in [0.29, 0.717) is 13.2 Å². The van der Waals surface area contributed by atoms with Gasteiger partial charge < -0.3 is 34.3 Å². The Bertz CT molecular complexity index is 721. The van der Waals surface area contributed by atoms with E-state index < -0.39 is 28.8 Å². The average molecular weight is 486 g/mol. The molecule has 5 bridgehead atoms. The summed E-state index contributed by atoms with van der Waals surface area (Å²) in [6, 6.07) is -0.353. The molecule has 0 aromatic heterocycles. The maximum absolute atomic E-state index is 12.8. The molecule has 1 aliphatic heterocycles. The topological polar surface area (TPSA) is 101 Å². The number of piperidine rings is 1. The molecule has 0 aromatic carbocycles. The second-order valence-corrected chi connectivity index (χ2v) is 11.8. The van der Waals surface area contributed by atoms with Crippen molar-refractivity contribution in [2.24, 2.45) is 22.7 Å². The van der Waals surface area contributed by atoms with Crippen molar-refractivity contribution in [3.63, 3.8) is 0 Å². The summed E-state index contributed by atoms with van der Waals surface area (Å²) in [6.07, 6.45) is 2.79. The van der Waals surface area contributed by atoms with E-state index in [0.717, 1.165) is 45.2 Å². The van der Waals surface area contributed by atoms with Crippen LogP contribution >= 0.6 is 0 Å². The highest BCUT2D eigenvalue weighted by Crippen LogP contribution is 2.71. The maximum Gasteiger partial charge on any atom is 0.135 e. The van der Waals surface area contributed by atoms with Crippen LogP contribution in [0.1, 0.15) is 52.4 Å². The summed E-state index contributed by atoms with van der Waals surface area (Å²) in [5.74, 6) is -0.178. The van der Waals surface area contributed by atoms with E-state index in [9.17, 15) is 15.3 Å². The van der Waals surface area contributed by atoms with E-state index in [2.05, 4.69) is 11.8 Å². The minimum Gasteiger partial charge on any atom is -0.393 e. The SMILES string of the molecule is CCCN1CC2(COC)CC[C@H](OC)[C@@]34CC[C@H](COC)[C@@H](O)C[C@@](C)(O)C(O)([C@@H](OC)[C@H]23)[C@H]14. The fraction of sp³-hybridized carbons (Fsp3) is 1.00. The molecule has 34 heavy (non-hydrogen) atoms. The van der Waals surface area contributed by atoms with Crippen molar-refractivity contribution in [2.45, 2.75) is 87.9 Å². The van der Waals surface area contributed by atoms with E-state index >= 15 is 0 Å². The largest absolute Gasteiger partial charge is 0.393 e. The van der Waals surface area contributed by atoms with Crippen LogP contribution in [0.5, 0.6) is 0 Å². The van der Waals surface area contributed by atoms with Crippen LogP contribution in [0.15, 0.2) is 0 Å². The summed E-state index contributed by atoms with van der Waals surface area (Å²) in [5.41, 5.74) is -3.83. The first-order valence-electron chi connectivity index (χ1n) is 13.0. The van der Waals surface area contributed by atoms with Gasteiger partial charge in [-0.1, -0.05) is 6.92 Å². The van der Waals surface area contributed by atoms with Crippen molar-refractivity contribution in [1.29, 1.82) is 0 Å². The van der Waals surface area contributed by atoms with Crippen LogP contribution in [0.25, 0.3) is 0 Å². The highest BCUT2D eigenvalue weighted by atomic mass is 16.5. The lowest BCUT2D eigenvalue weighted by Gasteiger charge is -2.64. The van der Waals surface area contributed by atoms with Crippen LogP contribution in [-0.2, 0) is 18.9 Å². The highest BCUT2D eigenvalue weighted by Gasteiger charge is 2.82. The number of hydrogen-bond donors (Lipinski definition) is 3. The van der Waals surface area contributed by atoms with Crippen LogP contribution in [0.4, 0.5) is 0 Å². The van der Waals surface area contributed by atoms with Gasteiger partial charge in [0, 0.05) is 64.1 Å². The van der Waals surface area contributed by atoms with Crippen molar-refractivity contribution in [3.05, 3.63) is 0 Å². The van der Waals surface area contributed by atoms with Crippen LogP contribution in [0.3, 0.4) is 0 Å². The fourth-order valence-electron chi connectivity index (χ4n) is 9.14. The smallest absolute Gasteiger partial charge is 0.135 e. The van der Waals surface area contributed by atoms with Crippen molar-refractivity contribution >= 4 is 0 Å². The zero-order chi connectivity index (χ0) is 24.9. The Morgan fingerprint density at radius 1 is 1.00 bits per heavy atom. The van der Waals surface area contributed by atoms with Crippen LogP contribution in [0.2, 0.25) is 0 Å². The summed E-state index contributed by atoms with van der Waals surface area (Å²) in [7, 11) is 6.82. The van der Waals surface area contributed by atoms with Gasteiger partial charge in [-0.05, 0) is 45.6 Å². The number of aliphatic hydroxyl groups excluding tert-OH is 1. The second kappa shape index (κ2) is 9.53. The number of hydrogen-bond acceptors (Lipinski definition) is 8. The van der Waals surface area contributed by atoms with Gasteiger partial charge in [0.25, 0.3) is 0 Å². The molecule has 0 aromatic rings. The van der Waals surface area contributed by atoms with Crippen molar-refractivity contribution in [1.82, 2.24) is 4.90 Å². The standard InChI is InChI=1S/C26H47NO7/c1-7-12-27-15-24(16-32-4)10-9-19(33-5)25-11-8-17(14-31-3)18(28)13-23(2,29)26(30,22(25)27)21(34-6)20(24)25/h17-22,28-30H,7-16H2,1-6H3/t17-,18+,19+,20-,21+,22-,23-,24?,25+,26?/m1/s1. The monoisotopic (exact) mass is 485 g/mol. The summed E-state index contributed by atoms with van der Waals surface area (Å²) in [4.78, 5) is 2.40. The van der Waals surface area contributed by atoms with Gasteiger partial charge in [-0.15, -0.1) is 0 Å². The molecule has 0 amide bonds. The quantitative estimate of drug-likeness (QED) is 0.475. The van der Waals surface area contributed by atoms with Gasteiger partial charge in [0.15, 0.2) is 0 Å². The Hall–Kier alpha value is -0.320. The molecule has 198 valence electrons. The molecule has 4 aliphatic rings. The first-order chi connectivity index (χ1) is 16.1. The van der Waals surface area contributed by atoms with Gasteiger partial charge in [0.2, 0.25) is 0 Å². The molecule has 1 heterocycles. The van der Waals surface area contributed by atoms with E-state index in [1.54, 1.807) is 35.4 Å². The lowest BCUT2D eigenvalue weighted by Crippen LogP contribution is -2.73. The molecule has 3 N–H and O–H groups in total. The minimum absolute atomic E-state index is 0.0448. The Morgan fingerprint density at radius 3 is 2.32 bits per heavy atom. The first-order valence-corrected chi connectivity index (χ1v) is 13.0. The summed E-state index contributed by atoms with van der Waals surface area (Å²) >= 11 is 0. The first kappa shape index (κ1) is 26.7. The van der Waals surface area contributed by atoms with E-state index in [4.69, 9.17) is 18.9 Å². The average Bonchev–Trinajstić information content (AvgIpc) is 2.98. The number of rotatable bonds is 8. The summed E-state index contributed by atoms with van der Waals surface area (Å²) in [5, 5.41) is 36.1. The third-order valence-corrected chi connectivity index (χ3v) is 10.1. The van der Waals surface area contributed by atoms with Crippen molar-refractivity contribution < 1.29 is 34.3 Å². The normalized spacial score (nSPS) is 51.1. The Balaban J connectivity index is 2.00. The number of nitrogens with zero attached hydrogens (tertiary/aromatic N) is 1. The molecule has 3 saturated carbocycles. The third-order valence-electron chi connectivity index (χ3n) is 10.1. The van der Waals surface area contributed by atoms with Gasteiger partial charge >= 0.3 is 0 Å². The molecule has 3 aliphatic carbocycles. The number of aliphatic hydroxyl groups is 3. The van der Waals surface area contributed by atoms with Crippen molar-refractivity contribution in [2.75, 3.05) is 54.7 Å². The van der Waals surface area contributed by atoms with Gasteiger partial charge in [-0.25, -0.2) is 0 Å². The molecular formula is C26H47NO7. The zero-order valence-electron chi connectivity index (χ0n) is 22.0. The Kier molecular flexibility index (Phi) is 7.49. The van der Waals surface area contributed by atoms with Gasteiger partial charge in [0.05, 0.1) is 43.2 Å². The van der Waals surface area contributed by atoms with Crippen LogP contribution in [-0.4, -0.2) is 111 Å². The molecule has 8 heteroatoms. The fourth-order valence-corrected chi connectivity index (χ4v) is 9.14. The van der Waals surface area contributed by atoms with Crippen LogP contribution < -0.4 is 0 Å². The van der Waals surface area contributed by atoms with E-state index in [1.807, 2.05) is 0 Å². The molecule has 0 radical (unpaired) electrons. The van der Waals surface area contributed by atoms with Gasteiger partial charge in [-0.3, -0.25) is 4.90 Å². The Labute approximate surface area is 204 Å². The molecular weight excluding hydrogens is 438 g/mol. The van der Waals surface area contributed by atoms with Gasteiger partial charge in [0.1, 0.15) is 5.60 Å². The maximum atomic E-state index is 12.8. The highest BCUT2D eigenvalue weighted by molar-refractivity contribution is 5.33. The Morgan fingerprint density at radius 2 is 1.74 bits per heavy atom. The zero-order valence-corrected chi connectivity index (χ0v) is 22.0. The lowest BCUT2D eigenvalue weighted by atomic mass is 9.49. The molecule has 4 fully saturated rings. The van der Waals surface area contributed by atoms with Crippen LogP contribution in [0, 0.1) is 22.7 Å². The number of ether oxygens (including phenoxy) is 4. The number of methoxy groups -OCH3 is 4. The molecule has 1 saturated heterocycles. The summed E-state index contributed by atoms with van der Waals surface area (Å²) < 4.78 is 23.8. The molecule has 10 atom stereocenters. The van der Waals surface area contributed by atoms with E-state index in [1.165, 1.54) is 0 Å². The summed E-state index contributed by atoms with van der Waals surface area (Å²) in [6.45, 7) is 6.43. The predicted octanol–water partition coefficient (Wildman–Crippen LogP) is 1.44. The van der Waals surface area contributed by atoms with Crippen molar-refractivity contribution in [3.8, 4) is 0 Å². The third kappa shape index (κ3) is 3.47. The van der Waals surface area contributed by atoms with Gasteiger partial charge in [-0.2, -0.15) is 0 Å². The number of likely N-dealkylation sites (tertiary alicyclic amines) is 1. The lowest BCUT2D eigenvalue weighted by molar-refractivity contribution is -0.234. The predicted molar refractivity (Wildman–Crippen MR) is 128 cm³/mol. The molecule has 2 unspecified atom stereocenters. The van der Waals surface area contributed by atoms with E-state index in [-0.39, 0.29) is 35.8 Å². The second-order valence-electron chi connectivity index (χ2n) is 11.8. The minimum atomic E-state index is -1.58.